The molecule has 0 unspecified atom stereocenters. The van der Waals surface area contributed by atoms with Crippen molar-refractivity contribution in [2.24, 2.45) is 5.92 Å². The molecule has 6 heteroatoms. The zero-order valence-electron chi connectivity index (χ0n) is 10.5. The van der Waals surface area contributed by atoms with Crippen LogP contribution in [0.2, 0.25) is 0 Å². The molecule has 1 fully saturated rings. The van der Waals surface area contributed by atoms with Crippen LogP contribution >= 0.6 is 0 Å². The minimum Gasteiger partial charge on any atom is -0.502 e. The fourth-order valence-corrected chi connectivity index (χ4v) is 2.41. The maximum Gasteiger partial charge on any atom is 0.311 e. The lowest BCUT2D eigenvalue weighted by Crippen LogP contribution is -2.28. The Balaban J connectivity index is 2.06. The van der Waals surface area contributed by atoms with E-state index in [1.165, 1.54) is 31.0 Å². The Morgan fingerprint density at radius 2 is 2.11 bits per heavy atom. The van der Waals surface area contributed by atoms with Crippen molar-refractivity contribution >= 4 is 11.6 Å². The van der Waals surface area contributed by atoms with Crippen molar-refractivity contribution < 1.29 is 14.8 Å². The lowest BCUT2D eigenvalue weighted by atomic mass is 10.1. The second-order valence-corrected chi connectivity index (χ2v) is 4.79. The number of rotatable bonds is 4. The number of benzene rings is 1. The summed E-state index contributed by atoms with van der Waals surface area (Å²) in [5, 5.41) is 23.1. The Labute approximate surface area is 110 Å². The predicted octanol–water partition coefficient (Wildman–Crippen LogP) is 2.22. The molecule has 1 aromatic carbocycles. The smallest absolute Gasteiger partial charge is 0.311 e. The third-order valence-corrected chi connectivity index (χ3v) is 3.48. The Morgan fingerprint density at radius 1 is 1.42 bits per heavy atom. The van der Waals surface area contributed by atoms with Gasteiger partial charge in [-0.3, -0.25) is 14.9 Å². The molecule has 6 nitrogen and oxygen atoms in total. The van der Waals surface area contributed by atoms with E-state index < -0.39 is 22.3 Å². The Kier molecular flexibility index (Phi) is 3.99. The number of phenols is 1. The van der Waals surface area contributed by atoms with Crippen LogP contribution in [0.25, 0.3) is 0 Å². The van der Waals surface area contributed by atoms with Gasteiger partial charge in [0, 0.05) is 12.6 Å². The third kappa shape index (κ3) is 3.01. The van der Waals surface area contributed by atoms with E-state index in [0.717, 1.165) is 12.8 Å². The van der Waals surface area contributed by atoms with Crippen molar-refractivity contribution in [3.8, 4) is 5.75 Å². The van der Waals surface area contributed by atoms with Gasteiger partial charge in [-0.2, -0.15) is 0 Å². The molecule has 0 bridgehead atoms. The summed E-state index contributed by atoms with van der Waals surface area (Å²) in [4.78, 5) is 21.9. The molecule has 0 atom stereocenters. The summed E-state index contributed by atoms with van der Waals surface area (Å²) >= 11 is 0. The molecule has 1 aliphatic carbocycles. The number of carbonyl (C=O) groups excluding carboxylic acids is 1. The van der Waals surface area contributed by atoms with Crippen LogP contribution in [0, 0.1) is 16.0 Å². The molecule has 2 rings (SSSR count). The van der Waals surface area contributed by atoms with Gasteiger partial charge in [0.05, 0.1) is 10.5 Å². The summed E-state index contributed by atoms with van der Waals surface area (Å²) in [5.41, 5.74) is -0.499. The van der Waals surface area contributed by atoms with Gasteiger partial charge in [-0.15, -0.1) is 0 Å². The van der Waals surface area contributed by atoms with E-state index in [2.05, 4.69) is 5.32 Å². The van der Waals surface area contributed by atoms with Crippen molar-refractivity contribution in [1.82, 2.24) is 5.32 Å². The average Bonchev–Trinajstić information content (AvgIpc) is 2.89. The highest BCUT2D eigenvalue weighted by Gasteiger charge is 2.22. The van der Waals surface area contributed by atoms with Crippen molar-refractivity contribution in [2.75, 3.05) is 6.54 Å². The number of phenolic OH excluding ortho intramolecular Hbond substituents is 1. The molecular weight excluding hydrogens is 248 g/mol. The number of nitrogens with zero attached hydrogens (tertiary/aromatic N) is 1. The molecule has 1 aliphatic rings. The highest BCUT2D eigenvalue weighted by atomic mass is 16.6. The van der Waals surface area contributed by atoms with Gasteiger partial charge < -0.3 is 10.4 Å². The third-order valence-electron chi connectivity index (χ3n) is 3.48. The number of carbonyl (C=O) groups is 1. The fourth-order valence-electron chi connectivity index (χ4n) is 2.41. The SMILES string of the molecule is O=C(NCC1CCCC1)c1cccc([N+](=O)[O-])c1O. The van der Waals surface area contributed by atoms with Crippen molar-refractivity contribution in [3.63, 3.8) is 0 Å². The number of hydrogen-bond donors (Lipinski definition) is 2. The average molecular weight is 264 g/mol. The molecule has 0 aliphatic heterocycles. The van der Waals surface area contributed by atoms with Crippen molar-refractivity contribution in [1.29, 1.82) is 0 Å². The topological polar surface area (TPSA) is 92.5 Å². The molecule has 0 aromatic heterocycles. The van der Waals surface area contributed by atoms with E-state index in [-0.39, 0.29) is 5.56 Å². The molecule has 1 saturated carbocycles. The Morgan fingerprint density at radius 3 is 2.74 bits per heavy atom. The quantitative estimate of drug-likeness (QED) is 0.644. The largest absolute Gasteiger partial charge is 0.502 e. The fraction of sp³-hybridized carbons (Fsp3) is 0.462. The van der Waals surface area contributed by atoms with Crippen LogP contribution in [0.5, 0.6) is 5.75 Å². The zero-order chi connectivity index (χ0) is 13.8. The van der Waals surface area contributed by atoms with Gasteiger partial charge in [0.2, 0.25) is 5.75 Å². The van der Waals surface area contributed by atoms with Gasteiger partial charge in [0.15, 0.2) is 0 Å². The van der Waals surface area contributed by atoms with Crippen molar-refractivity contribution in [2.45, 2.75) is 25.7 Å². The minimum atomic E-state index is -0.705. The summed E-state index contributed by atoms with van der Waals surface area (Å²) in [6.45, 7) is 0.557. The van der Waals surface area contributed by atoms with Crippen LogP contribution in [-0.2, 0) is 0 Å². The highest BCUT2D eigenvalue weighted by Crippen LogP contribution is 2.29. The molecule has 0 saturated heterocycles. The van der Waals surface area contributed by atoms with E-state index in [1.807, 2.05) is 0 Å². The van der Waals surface area contributed by atoms with Gasteiger partial charge in [-0.05, 0) is 24.8 Å². The first-order valence-corrected chi connectivity index (χ1v) is 6.34. The second-order valence-electron chi connectivity index (χ2n) is 4.79. The first-order valence-electron chi connectivity index (χ1n) is 6.34. The van der Waals surface area contributed by atoms with E-state index in [4.69, 9.17) is 0 Å². The first-order chi connectivity index (χ1) is 9.09. The molecule has 0 spiro atoms. The summed E-state index contributed by atoms with van der Waals surface area (Å²) < 4.78 is 0. The van der Waals surface area contributed by atoms with Crippen LogP contribution in [0.4, 0.5) is 5.69 Å². The molecule has 1 aromatic rings. The van der Waals surface area contributed by atoms with Crippen LogP contribution in [0.3, 0.4) is 0 Å². The van der Waals surface area contributed by atoms with Gasteiger partial charge in [0.1, 0.15) is 0 Å². The number of nitro groups is 1. The van der Waals surface area contributed by atoms with Crippen LogP contribution in [-0.4, -0.2) is 22.5 Å². The van der Waals surface area contributed by atoms with E-state index in [0.29, 0.717) is 12.5 Å². The van der Waals surface area contributed by atoms with E-state index >= 15 is 0 Å². The summed E-state index contributed by atoms with van der Waals surface area (Å²) in [6, 6.07) is 3.94. The van der Waals surface area contributed by atoms with E-state index in [9.17, 15) is 20.0 Å². The summed E-state index contributed by atoms with van der Waals surface area (Å²) in [7, 11) is 0. The molecule has 102 valence electrons. The zero-order valence-corrected chi connectivity index (χ0v) is 10.5. The van der Waals surface area contributed by atoms with Gasteiger partial charge in [-0.25, -0.2) is 0 Å². The summed E-state index contributed by atoms with van der Waals surface area (Å²) in [5.74, 6) is -0.561. The minimum absolute atomic E-state index is 0.0489. The number of nitrogens with one attached hydrogen (secondary N) is 1. The maximum absolute atomic E-state index is 11.9. The number of hydrogen-bond acceptors (Lipinski definition) is 4. The Hall–Kier alpha value is -2.11. The van der Waals surface area contributed by atoms with Crippen molar-refractivity contribution in [3.05, 3.63) is 33.9 Å². The number of amides is 1. The Bertz CT molecular complexity index is 495. The van der Waals surface area contributed by atoms with Gasteiger partial charge in [-0.1, -0.05) is 18.9 Å². The van der Waals surface area contributed by atoms with Gasteiger partial charge in [0.25, 0.3) is 5.91 Å². The molecule has 0 radical (unpaired) electrons. The molecule has 2 N–H and O–H groups in total. The standard InChI is InChI=1S/C13H16N2O4/c16-12-10(6-3-7-11(12)15(18)19)13(17)14-8-9-4-1-2-5-9/h3,6-7,9,16H,1-2,4-5,8H2,(H,14,17). The number of aromatic hydroxyl groups is 1. The van der Waals surface area contributed by atoms with E-state index in [1.54, 1.807) is 0 Å². The maximum atomic E-state index is 11.9. The lowest BCUT2D eigenvalue weighted by molar-refractivity contribution is -0.385. The number of nitro benzene ring substituents is 1. The molecular formula is C13H16N2O4. The van der Waals surface area contributed by atoms with Crippen LogP contribution in [0.1, 0.15) is 36.0 Å². The molecule has 19 heavy (non-hydrogen) atoms. The van der Waals surface area contributed by atoms with Gasteiger partial charge >= 0.3 is 5.69 Å². The molecule has 1 amide bonds. The molecule has 0 heterocycles. The monoisotopic (exact) mass is 264 g/mol. The normalized spacial score (nSPS) is 15.4. The predicted molar refractivity (Wildman–Crippen MR) is 69.1 cm³/mol. The van der Waals surface area contributed by atoms with Crippen LogP contribution < -0.4 is 5.32 Å². The summed E-state index contributed by atoms with van der Waals surface area (Å²) in [6.07, 6.45) is 4.56. The second kappa shape index (κ2) is 5.69. The first kappa shape index (κ1) is 13.3. The van der Waals surface area contributed by atoms with Crippen LogP contribution in [0.15, 0.2) is 18.2 Å². The lowest BCUT2D eigenvalue weighted by Gasteiger charge is -2.11. The highest BCUT2D eigenvalue weighted by molar-refractivity contribution is 5.98. The number of para-hydroxylation sites is 1.